The number of nitrogens with zero attached hydrogens (tertiary/aromatic N) is 2. The molecular weight excluding hydrogens is 749 g/mol. The zero-order valence-electron chi connectivity index (χ0n) is 36.1. The predicted octanol–water partition coefficient (Wildman–Crippen LogP) is 16.3. The Balaban J connectivity index is 0.899. The van der Waals surface area contributed by atoms with E-state index in [-0.39, 0.29) is 16.7 Å². The Morgan fingerprint density at radius 1 is 0.435 bits per heavy atom. The van der Waals surface area contributed by atoms with Crippen LogP contribution in [0.2, 0.25) is 0 Å². The summed E-state index contributed by atoms with van der Waals surface area (Å²) in [6.07, 6.45) is 15.3. The third kappa shape index (κ3) is 6.23. The molecule has 0 aromatic heterocycles. The molecule has 11 rings (SSSR count). The Morgan fingerprint density at radius 2 is 0.984 bits per heavy atom. The van der Waals surface area contributed by atoms with E-state index >= 15 is 0 Å². The summed E-state index contributed by atoms with van der Waals surface area (Å²) < 4.78 is 0. The van der Waals surface area contributed by atoms with Gasteiger partial charge in [-0.15, -0.1) is 0 Å². The van der Waals surface area contributed by atoms with E-state index in [1.54, 1.807) is 0 Å². The smallest absolute Gasteiger partial charge is 0.0465 e. The number of allylic oxidation sites excluding steroid dienone is 7. The van der Waals surface area contributed by atoms with Crippen LogP contribution in [0.25, 0.3) is 27.8 Å². The first-order chi connectivity index (χ1) is 30.3. The van der Waals surface area contributed by atoms with Gasteiger partial charge in [0.05, 0.1) is 0 Å². The SMILES string of the molecule is CC1(C)C2=CCCC=C2c2ccc(N(c3ccccc3)c3ccc(-c4ccccc4C4C=CC(N(c5ccccc5)c5ccc6c(c5)C(C)(C)c5ccccc5-6)=CC4)cc3)cc21. The Hall–Kier alpha value is -6.90. The summed E-state index contributed by atoms with van der Waals surface area (Å²) in [7, 11) is 0. The second-order valence-electron chi connectivity index (χ2n) is 18.4. The number of hydrogen-bond donors (Lipinski definition) is 0. The summed E-state index contributed by atoms with van der Waals surface area (Å²) in [6, 6.07) is 62.8. The molecule has 0 saturated heterocycles. The number of hydrogen-bond acceptors (Lipinski definition) is 2. The summed E-state index contributed by atoms with van der Waals surface area (Å²) in [4.78, 5) is 4.84. The minimum absolute atomic E-state index is 0.0249. The van der Waals surface area contributed by atoms with E-state index in [4.69, 9.17) is 0 Å². The van der Waals surface area contributed by atoms with Gasteiger partial charge in [-0.2, -0.15) is 0 Å². The highest BCUT2D eigenvalue weighted by Crippen LogP contribution is 2.54. The van der Waals surface area contributed by atoms with E-state index in [1.807, 2.05) is 0 Å². The molecule has 0 radical (unpaired) electrons. The fraction of sp³-hybridized carbons (Fsp3) is 0.167. The Morgan fingerprint density at radius 3 is 1.69 bits per heavy atom. The molecule has 1 atom stereocenters. The summed E-state index contributed by atoms with van der Waals surface area (Å²) in [5.41, 5.74) is 22.0. The van der Waals surface area contributed by atoms with Crippen molar-refractivity contribution in [3.63, 3.8) is 0 Å². The van der Waals surface area contributed by atoms with Crippen LogP contribution in [-0.4, -0.2) is 0 Å². The lowest BCUT2D eigenvalue weighted by Crippen LogP contribution is -2.19. The standard InChI is InChI=1S/C60H52N2/c1-59(2)55-25-15-13-23-51(55)53-37-35-47(39-57(53)59)61(43-17-7-5-8-18-43)45-31-27-41(28-32-45)49-21-11-12-22-50(49)42-29-33-46(34-30-42)62(44-19-9-6-10-20-44)48-36-38-54-52-24-14-16-26-56(52)60(3,4)58(54)40-48/h5-13,15,17-27,29-41H,14,16,28H2,1-4H3. The zero-order valence-corrected chi connectivity index (χ0v) is 36.1. The van der Waals surface area contributed by atoms with Crippen molar-refractivity contribution in [2.24, 2.45) is 0 Å². The fourth-order valence-electron chi connectivity index (χ4n) is 10.8. The second-order valence-corrected chi connectivity index (χ2v) is 18.4. The maximum atomic E-state index is 2.47. The molecule has 0 heterocycles. The third-order valence-corrected chi connectivity index (χ3v) is 14.0. The minimum Gasteiger partial charge on any atom is -0.311 e. The van der Waals surface area contributed by atoms with Gasteiger partial charge in [0.15, 0.2) is 0 Å². The molecular formula is C60H52N2. The van der Waals surface area contributed by atoms with Crippen LogP contribution in [-0.2, 0) is 10.8 Å². The van der Waals surface area contributed by atoms with Gasteiger partial charge in [0.2, 0.25) is 0 Å². The van der Waals surface area contributed by atoms with Crippen LogP contribution >= 0.6 is 0 Å². The molecule has 2 heteroatoms. The summed E-state index contributed by atoms with van der Waals surface area (Å²) in [5, 5.41) is 0. The molecule has 0 amide bonds. The highest BCUT2D eigenvalue weighted by atomic mass is 15.1. The molecule has 0 saturated carbocycles. The lowest BCUT2D eigenvalue weighted by molar-refractivity contribution is 0.654. The topological polar surface area (TPSA) is 6.48 Å². The van der Waals surface area contributed by atoms with Crippen molar-refractivity contribution in [1.29, 1.82) is 0 Å². The number of rotatable bonds is 8. The molecule has 7 aromatic carbocycles. The predicted molar refractivity (Wildman–Crippen MR) is 262 cm³/mol. The van der Waals surface area contributed by atoms with Gasteiger partial charge in [-0.25, -0.2) is 0 Å². The van der Waals surface area contributed by atoms with E-state index in [2.05, 4.69) is 238 Å². The van der Waals surface area contributed by atoms with Crippen molar-refractivity contribution in [2.45, 2.75) is 63.7 Å². The number of anilines is 5. The van der Waals surface area contributed by atoms with Crippen molar-refractivity contribution in [3.8, 4) is 22.3 Å². The number of fused-ring (bicyclic) bond motifs is 6. The first kappa shape index (κ1) is 38.1. The van der Waals surface area contributed by atoms with Crippen molar-refractivity contribution in [1.82, 2.24) is 0 Å². The van der Waals surface area contributed by atoms with Crippen LogP contribution in [0.3, 0.4) is 0 Å². The van der Waals surface area contributed by atoms with Gasteiger partial charge in [-0.1, -0.05) is 161 Å². The monoisotopic (exact) mass is 800 g/mol. The van der Waals surface area contributed by atoms with E-state index in [0.717, 1.165) is 36.3 Å². The minimum atomic E-state index is -0.0676. The summed E-state index contributed by atoms with van der Waals surface area (Å²) >= 11 is 0. The van der Waals surface area contributed by atoms with Gasteiger partial charge in [-0.3, -0.25) is 0 Å². The van der Waals surface area contributed by atoms with Crippen molar-refractivity contribution in [3.05, 3.63) is 239 Å². The van der Waals surface area contributed by atoms with Gasteiger partial charge < -0.3 is 9.80 Å². The lowest BCUT2D eigenvalue weighted by atomic mass is 9.80. The molecule has 4 aliphatic rings. The van der Waals surface area contributed by atoms with E-state index in [9.17, 15) is 0 Å². The summed E-state index contributed by atoms with van der Waals surface area (Å²) in [6.45, 7) is 9.49. The lowest BCUT2D eigenvalue weighted by Gasteiger charge is -2.31. The van der Waals surface area contributed by atoms with Crippen LogP contribution in [0.5, 0.6) is 0 Å². The molecule has 0 aliphatic heterocycles. The van der Waals surface area contributed by atoms with Crippen molar-refractivity contribution >= 4 is 34.0 Å². The molecule has 62 heavy (non-hydrogen) atoms. The average molecular weight is 801 g/mol. The zero-order chi connectivity index (χ0) is 42.0. The quantitative estimate of drug-likeness (QED) is 0.151. The second kappa shape index (κ2) is 14.9. The maximum Gasteiger partial charge on any atom is 0.0465 e. The van der Waals surface area contributed by atoms with Crippen LogP contribution in [0.4, 0.5) is 28.4 Å². The molecule has 0 N–H and O–H groups in total. The third-order valence-electron chi connectivity index (χ3n) is 14.0. The normalized spacial score (nSPS) is 17.5. The summed E-state index contributed by atoms with van der Waals surface area (Å²) in [5.74, 6) is 0.255. The van der Waals surface area contributed by atoms with Gasteiger partial charge in [-0.05, 0) is 147 Å². The van der Waals surface area contributed by atoms with Crippen LogP contribution in [0, 0.1) is 0 Å². The maximum absolute atomic E-state index is 2.47. The first-order valence-corrected chi connectivity index (χ1v) is 22.4. The van der Waals surface area contributed by atoms with Crippen molar-refractivity contribution < 1.29 is 0 Å². The average Bonchev–Trinajstić information content (AvgIpc) is 3.69. The van der Waals surface area contributed by atoms with Crippen LogP contribution in [0.15, 0.2) is 212 Å². The van der Waals surface area contributed by atoms with Gasteiger partial charge in [0.1, 0.15) is 0 Å². The molecule has 2 nitrogen and oxygen atoms in total. The van der Waals surface area contributed by atoms with Gasteiger partial charge in [0, 0.05) is 50.9 Å². The van der Waals surface area contributed by atoms with E-state index in [1.165, 1.54) is 78.3 Å². The highest BCUT2D eigenvalue weighted by Gasteiger charge is 2.39. The molecule has 4 aliphatic carbocycles. The molecule has 0 fully saturated rings. The molecule has 302 valence electrons. The highest BCUT2D eigenvalue weighted by molar-refractivity contribution is 5.92. The molecule has 7 aromatic rings. The fourth-order valence-corrected chi connectivity index (χ4v) is 10.8. The van der Waals surface area contributed by atoms with Gasteiger partial charge >= 0.3 is 0 Å². The van der Waals surface area contributed by atoms with E-state index in [0.29, 0.717) is 0 Å². The Labute approximate surface area is 367 Å². The van der Waals surface area contributed by atoms with Crippen LogP contribution in [0.1, 0.15) is 80.7 Å². The van der Waals surface area contributed by atoms with Gasteiger partial charge in [0.25, 0.3) is 0 Å². The molecule has 1 unspecified atom stereocenters. The molecule has 0 bridgehead atoms. The Kier molecular flexibility index (Phi) is 9.16. The largest absolute Gasteiger partial charge is 0.311 e. The Bertz CT molecular complexity index is 2980. The van der Waals surface area contributed by atoms with Crippen molar-refractivity contribution in [2.75, 3.05) is 9.80 Å². The van der Waals surface area contributed by atoms with E-state index < -0.39 is 0 Å². The number of para-hydroxylation sites is 2. The van der Waals surface area contributed by atoms with Crippen LogP contribution < -0.4 is 9.80 Å². The first-order valence-electron chi connectivity index (χ1n) is 22.4. The number of benzene rings is 7. The molecule has 0 spiro atoms.